The summed E-state index contributed by atoms with van der Waals surface area (Å²) in [6, 6.07) is 0. The second-order valence-electron chi connectivity index (χ2n) is 2.99. The number of likely N-dealkylation sites (tertiary alicyclic amines) is 1. The van der Waals surface area contributed by atoms with Crippen LogP contribution in [0.25, 0.3) is 0 Å². The highest BCUT2D eigenvalue weighted by atomic mass is 19.4. The van der Waals surface area contributed by atoms with Crippen LogP contribution < -0.4 is 0 Å². The SMILES string of the molecule is O=[N+]([O-])C1CCCN1CC(F)(F)F. The first-order chi connectivity index (χ1) is 5.90. The van der Waals surface area contributed by atoms with Gasteiger partial charge in [-0.2, -0.15) is 13.2 Å². The second kappa shape index (κ2) is 3.49. The van der Waals surface area contributed by atoms with Crippen molar-refractivity contribution in [3.05, 3.63) is 10.1 Å². The molecule has 1 unspecified atom stereocenters. The minimum Gasteiger partial charge on any atom is -0.263 e. The summed E-state index contributed by atoms with van der Waals surface area (Å²) < 4.78 is 35.6. The van der Waals surface area contributed by atoms with Crippen molar-refractivity contribution >= 4 is 0 Å². The lowest BCUT2D eigenvalue weighted by atomic mass is 10.3. The largest absolute Gasteiger partial charge is 0.401 e. The molecule has 1 aliphatic heterocycles. The predicted octanol–water partition coefficient (Wildman–Crippen LogP) is 1.25. The summed E-state index contributed by atoms with van der Waals surface area (Å²) in [5.74, 6) is 0. The zero-order chi connectivity index (χ0) is 10.1. The third-order valence-electron chi connectivity index (χ3n) is 1.95. The van der Waals surface area contributed by atoms with Crippen molar-refractivity contribution in [1.82, 2.24) is 4.90 Å². The highest BCUT2D eigenvalue weighted by Crippen LogP contribution is 2.23. The van der Waals surface area contributed by atoms with E-state index in [4.69, 9.17) is 0 Å². The molecule has 0 radical (unpaired) electrons. The van der Waals surface area contributed by atoms with Gasteiger partial charge in [-0.3, -0.25) is 10.1 Å². The Morgan fingerprint density at radius 2 is 2.15 bits per heavy atom. The van der Waals surface area contributed by atoms with Gasteiger partial charge < -0.3 is 0 Å². The summed E-state index contributed by atoms with van der Waals surface area (Å²) in [6.45, 7) is -1.02. The molecule has 0 bridgehead atoms. The Labute approximate surface area is 72.5 Å². The summed E-state index contributed by atoms with van der Waals surface area (Å²) in [5.41, 5.74) is 0. The van der Waals surface area contributed by atoms with Crippen molar-refractivity contribution < 1.29 is 18.1 Å². The van der Waals surface area contributed by atoms with Gasteiger partial charge in [-0.1, -0.05) is 0 Å². The maximum Gasteiger partial charge on any atom is 0.401 e. The summed E-state index contributed by atoms with van der Waals surface area (Å²) in [5, 5.41) is 10.3. The van der Waals surface area contributed by atoms with Gasteiger partial charge in [0.15, 0.2) is 0 Å². The van der Waals surface area contributed by atoms with Crippen molar-refractivity contribution in [2.75, 3.05) is 13.1 Å². The van der Waals surface area contributed by atoms with Gasteiger partial charge in [0.1, 0.15) is 6.54 Å². The Bertz CT molecular complexity index is 207. The van der Waals surface area contributed by atoms with Crippen LogP contribution >= 0.6 is 0 Å². The van der Waals surface area contributed by atoms with Gasteiger partial charge in [-0.25, -0.2) is 4.90 Å². The monoisotopic (exact) mass is 198 g/mol. The zero-order valence-corrected chi connectivity index (χ0v) is 6.75. The van der Waals surface area contributed by atoms with Crippen LogP contribution in [-0.2, 0) is 0 Å². The van der Waals surface area contributed by atoms with E-state index in [0.717, 1.165) is 4.90 Å². The first-order valence-electron chi connectivity index (χ1n) is 3.84. The van der Waals surface area contributed by atoms with Gasteiger partial charge in [-0.05, 0) is 6.42 Å². The van der Waals surface area contributed by atoms with Gasteiger partial charge in [-0.15, -0.1) is 0 Å². The third-order valence-corrected chi connectivity index (χ3v) is 1.95. The molecule has 0 saturated carbocycles. The van der Waals surface area contributed by atoms with Crippen LogP contribution in [0.15, 0.2) is 0 Å². The Kier molecular flexibility index (Phi) is 2.74. The van der Waals surface area contributed by atoms with Crippen molar-refractivity contribution in [3.63, 3.8) is 0 Å². The minimum atomic E-state index is -4.35. The van der Waals surface area contributed by atoms with Crippen molar-refractivity contribution in [2.45, 2.75) is 25.2 Å². The summed E-state index contributed by atoms with van der Waals surface area (Å²) in [7, 11) is 0. The third kappa shape index (κ3) is 2.83. The van der Waals surface area contributed by atoms with E-state index in [2.05, 4.69) is 0 Å². The van der Waals surface area contributed by atoms with Crippen LogP contribution in [0.5, 0.6) is 0 Å². The maximum absolute atomic E-state index is 11.9. The van der Waals surface area contributed by atoms with Crippen LogP contribution in [0.4, 0.5) is 13.2 Å². The molecule has 1 aliphatic rings. The molecule has 0 aromatic carbocycles. The molecule has 1 atom stereocenters. The van der Waals surface area contributed by atoms with Crippen LogP contribution in [0, 0.1) is 10.1 Å². The van der Waals surface area contributed by atoms with E-state index in [1.807, 2.05) is 0 Å². The Balaban J connectivity index is 2.54. The number of nitro groups is 1. The first kappa shape index (κ1) is 10.2. The quantitative estimate of drug-likeness (QED) is 0.495. The molecular formula is C6H9F3N2O2. The smallest absolute Gasteiger partial charge is 0.263 e. The number of hydrogen-bond acceptors (Lipinski definition) is 3. The van der Waals surface area contributed by atoms with Crippen molar-refractivity contribution in [1.29, 1.82) is 0 Å². The van der Waals surface area contributed by atoms with Gasteiger partial charge in [0, 0.05) is 17.9 Å². The fourth-order valence-corrected chi connectivity index (χ4v) is 1.46. The highest BCUT2D eigenvalue weighted by Gasteiger charge is 2.41. The number of hydrogen-bond donors (Lipinski definition) is 0. The Morgan fingerprint density at radius 3 is 2.62 bits per heavy atom. The molecule has 7 heteroatoms. The van der Waals surface area contributed by atoms with Gasteiger partial charge in [0.2, 0.25) is 0 Å². The van der Waals surface area contributed by atoms with Crippen LogP contribution in [-0.4, -0.2) is 35.3 Å². The van der Waals surface area contributed by atoms with Crippen molar-refractivity contribution in [3.8, 4) is 0 Å². The topological polar surface area (TPSA) is 46.4 Å². The lowest BCUT2D eigenvalue weighted by Crippen LogP contribution is -2.41. The van der Waals surface area contributed by atoms with E-state index >= 15 is 0 Å². The molecule has 0 N–H and O–H groups in total. The summed E-state index contributed by atoms with van der Waals surface area (Å²) in [6.07, 6.45) is -4.83. The van der Waals surface area contributed by atoms with E-state index < -0.39 is 23.8 Å². The molecule has 1 rings (SSSR count). The molecule has 1 heterocycles. The van der Waals surface area contributed by atoms with E-state index in [0.29, 0.717) is 6.42 Å². The molecule has 0 amide bonds. The normalized spacial score (nSPS) is 25.0. The van der Waals surface area contributed by atoms with Crippen LogP contribution in [0.3, 0.4) is 0 Å². The molecule has 13 heavy (non-hydrogen) atoms. The fraction of sp³-hybridized carbons (Fsp3) is 1.00. The molecule has 0 spiro atoms. The Morgan fingerprint density at radius 1 is 1.54 bits per heavy atom. The van der Waals surface area contributed by atoms with E-state index in [1.54, 1.807) is 0 Å². The first-order valence-corrected chi connectivity index (χ1v) is 3.84. The number of halogens is 3. The number of alkyl halides is 3. The molecular weight excluding hydrogens is 189 g/mol. The highest BCUT2D eigenvalue weighted by molar-refractivity contribution is 4.73. The molecule has 76 valence electrons. The van der Waals surface area contributed by atoms with Crippen LogP contribution in [0.2, 0.25) is 0 Å². The number of rotatable bonds is 2. The summed E-state index contributed by atoms with van der Waals surface area (Å²) in [4.78, 5) is 10.5. The molecule has 0 aliphatic carbocycles. The van der Waals surface area contributed by atoms with Crippen LogP contribution in [0.1, 0.15) is 12.8 Å². The van der Waals surface area contributed by atoms with Gasteiger partial charge in [0.25, 0.3) is 6.17 Å². The predicted molar refractivity (Wildman–Crippen MR) is 37.6 cm³/mol. The zero-order valence-electron chi connectivity index (χ0n) is 6.75. The van der Waals surface area contributed by atoms with E-state index in [-0.39, 0.29) is 13.0 Å². The molecule has 1 fully saturated rings. The second-order valence-corrected chi connectivity index (χ2v) is 2.99. The molecule has 4 nitrogen and oxygen atoms in total. The maximum atomic E-state index is 11.9. The average molecular weight is 198 g/mol. The van der Waals surface area contributed by atoms with Crippen molar-refractivity contribution in [2.24, 2.45) is 0 Å². The lowest BCUT2D eigenvalue weighted by molar-refractivity contribution is -0.547. The van der Waals surface area contributed by atoms with E-state index in [1.165, 1.54) is 0 Å². The fourth-order valence-electron chi connectivity index (χ4n) is 1.46. The standard InChI is InChI=1S/C6H9F3N2O2/c7-6(8,9)4-10-3-1-2-5(10)11(12)13/h5H,1-4H2. The molecule has 0 aromatic heterocycles. The number of nitrogens with zero attached hydrogens (tertiary/aromatic N) is 2. The lowest BCUT2D eigenvalue weighted by Gasteiger charge is -2.19. The molecule has 1 saturated heterocycles. The van der Waals surface area contributed by atoms with Gasteiger partial charge >= 0.3 is 6.18 Å². The average Bonchev–Trinajstić information content (AvgIpc) is 2.31. The van der Waals surface area contributed by atoms with Gasteiger partial charge in [0.05, 0.1) is 0 Å². The Hall–Kier alpha value is -0.850. The summed E-state index contributed by atoms with van der Waals surface area (Å²) >= 11 is 0. The minimum absolute atomic E-state index is 0.158. The molecule has 0 aromatic rings. The van der Waals surface area contributed by atoms with E-state index in [9.17, 15) is 23.3 Å².